The predicted octanol–water partition coefficient (Wildman–Crippen LogP) is 3.38. The Morgan fingerprint density at radius 1 is 1.18 bits per heavy atom. The van der Waals surface area contributed by atoms with E-state index in [-0.39, 0.29) is 0 Å². The van der Waals surface area contributed by atoms with E-state index in [1.54, 1.807) is 13.3 Å². The molecular formula is C14H19NO2. The molecule has 0 heterocycles. The average Bonchev–Trinajstić information content (AvgIpc) is 2.40. The van der Waals surface area contributed by atoms with E-state index in [4.69, 9.17) is 9.57 Å². The topological polar surface area (TPSA) is 30.8 Å². The van der Waals surface area contributed by atoms with Crippen molar-refractivity contribution in [1.82, 2.24) is 0 Å². The molecule has 1 aliphatic rings. The average molecular weight is 233 g/mol. The van der Waals surface area contributed by atoms with Crippen LogP contribution in [-0.2, 0) is 4.84 Å². The smallest absolute Gasteiger partial charge is 0.127 e. The van der Waals surface area contributed by atoms with Crippen molar-refractivity contribution in [3.63, 3.8) is 0 Å². The van der Waals surface area contributed by atoms with Gasteiger partial charge in [-0.25, -0.2) is 0 Å². The molecule has 0 N–H and O–H groups in total. The van der Waals surface area contributed by atoms with Crippen LogP contribution < -0.4 is 4.74 Å². The summed E-state index contributed by atoms with van der Waals surface area (Å²) in [5.41, 5.74) is 0.950. The molecule has 1 saturated carbocycles. The Kier molecular flexibility index (Phi) is 4.42. The van der Waals surface area contributed by atoms with E-state index in [1.165, 1.54) is 19.3 Å². The van der Waals surface area contributed by atoms with Crippen molar-refractivity contribution in [2.75, 3.05) is 7.11 Å². The molecule has 0 atom stereocenters. The van der Waals surface area contributed by atoms with Crippen LogP contribution in [-0.4, -0.2) is 19.4 Å². The number of rotatable bonds is 4. The Balaban J connectivity index is 1.90. The third-order valence-corrected chi connectivity index (χ3v) is 3.09. The van der Waals surface area contributed by atoms with E-state index in [0.29, 0.717) is 6.10 Å². The maximum Gasteiger partial charge on any atom is 0.127 e. The van der Waals surface area contributed by atoms with Crippen LogP contribution in [0, 0.1) is 0 Å². The zero-order chi connectivity index (χ0) is 11.9. The molecule has 1 aromatic rings. The molecule has 0 spiro atoms. The molecule has 1 fully saturated rings. The summed E-state index contributed by atoms with van der Waals surface area (Å²) in [7, 11) is 1.66. The molecule has 0 saturated heterocycles. The van der Waals surface area contributed by atoms with E-state index in [2.05, 4.69) is 5.16 Å². The summed E-state index contributed by atoms with van der Waals surface area (Å²) < 4.78 is 5.24. The Hall–Kier alpha value is -1.51. The van der Waals surface area contributed by atoms with Crippen molar-refractivity contribution in [2.24, 2.45) is 5.16 Å². The van der Waals surface area contributed by atoms with Gasteiger partial charge in [0.15, 0.2) is 0 Å². The van der Waals surface area contributed by atoms with Gasteiger partial charge in [0.25, 0.3) is 0 Å². The first-order chi connectivity index (χ1) is 8.40. The van der Waals surface area contributed by atoms with Crippen molar-refractivity contribution >= 4 is 6.21 Å². The lowest BCUT2D eigenvalue weighted by Gasteiger charge is -2.18. The van der Waals surface area contributed by atoms with E-state index < -0.39 is 0 Å². The van der Waals surface area contributed by atoms with Crippen LogP contribution in [0.1, 0.15) is 37.7 Å². The summed E-state index contributed by atoms with van der Waals surface area (Å²) in [6, 6.07) is 7.79. The lowest BCUT2D eigenvalue weighted by Crippen LogP contribution is -2.13. The van der Waals surface area contributed by atoms with Crippen LogP contribution in [0.5, 0.6) is 5.75 Å². The normalized spacial score (nSPS) is 17.2. The standard InChI is InChI=1S/C14H19NO2/c1-16-14-10-6-5-7-12(14)11-15-17-13-8-3-2-4-9-13/h5-7,10-11,13H,2-4,8-9H2,1H3. The minimum absolute atomic E-state index is 0.301. The molecule has 0 radical (unpaired) electrons. The fourth-order valence-electron chi connectivity index (χ4n) is 2.12. The minimum Gasteiger partial charge on any atom is -0.496 e. The van der Waals surface area contributed by atoms with Crippen molar-refractivity contribution < 1.29 is 9.57 Å². The number of hydrogen-bond donors (Lipinski definition) is 0. The van der Waals surface area contributed by atoms with Gasteiger partial charge in [0.1, 0.15) is 11.9 Å². The van der Waals surface area contributed by atoms with E-state index >= 15 is 0 Å². The molecule has 0 bridgehead atoms. The second-order valence-electron chi connectivity index (χ2n) is 4.34. The second-order valence-corrected chi connectivity index (χ2v) is 4.34. The number of hydrogen-bond acceptors (Lipinski definition) is 3. The fraction of sp³-hybridized carbons (Fsp3) is 0.500. The van der Waals surface area contributed by atoms with Crippen molar-refractivity contribution in [1.29, 1.82) is 0 Å². The maximum atomic E-state index is 5.50. The van der Waals surface area contributed by atoms with Crippen molar-refractivity contribution in [3.05, 3.63) is 29.8 Å². The summed E-state index contributed by atoms with van der Waals surface area (Å²) in [6.07, 6.45) is 8.13. The molecule has 0 unspecified atom stereocenters. The molecule has 1 aromatic carbocycles. The second kappa shape index (κ2) is 6.28. The quantitative estimate of drug-likeness (QED) is 0.589. The molecule has 3 nitrogen and oxygen atoms in total. The Morgan fingerprint density at radius 3 is 2.71 bits per heavy atom. The molecular weight excluding hydrogens is 214 g/mol. The number of oxime groups is 1. The van der Waals surface area contributed by atoms with Crippen LogP contribution in [0.2, 0.25) is 0 Å². The lowest BCUT2D eigenvalue weighted by molar-refractivity contribution is 0.0340. The lowest BCUT2D eigenvalue weighted by atomic mass is 9.98. The largest absolute Gasteiger partial charge is 0.496 e. The van der Waals surface area contributed by atoms with E-state index in [9.17, 15) is 0 Å². The predicted molar refractivity (Wildman–Crippen MR) is 68.5 cm³/mol. The summed E-state index contributed by atoms with van der Waals surface area (Å²) in [5.74, 6) is 0.823. The Morgan fingerprint density at radius 2 is 1.94 bits per heavy atom. The zero-order valence-corrected chi connectivity index (χ0v) is 10.3. The van der Waals surface area contributed by atoms with E-state index in [1.807, 2.05) is 24.3 Å². The molecule has 0 aliphatic heterocycles. The summed E-state index contributed by atoms with van der Waals surface area (Å²) >= 11 is 0. The summed E-state index contributed by atoms with van der Waals surface area (Å²) in [5, 5.41) is 4.07. The number of nitrogens with zero attached hydrogens (tertiary/aromatic N) is 1. The van der Waals surface area contributed by atoms with Gasteiger partial charge in [-0.1, -0.05) is 23.7 Å². The van der Waals surface area contributed by atoms with Crippen molar-refractivity contribution in [3.8, 4) is 5.75 Å². The third kappa shape index (κ3) is 3.48. The minimum atomic E-state index is 0.301. The summed E-state index contributed by atoms with van der Waals surface area (Å²) in [6.45, 7) is 0. The molecule has 2 rings (SSSR count). The van der Waals surface area contributed by atoms with Gasteiger partial charge >= 0.3 is 0 Å². The first-order valence-corrected chi connectivity index (χ1v) is 6.22. The van der Waals surface area contributed by atoms with E-state index in [0.717, 1.165) is 24.2 Å². The molecule has 0 aromatic heterocycles. The van der Waals surface area contributed by atoms with Crippen molar-refractivity contribution in [2.45, 2.75) is 38.2 Å². The zero-order valence-electron chi connectivity index (χ0n) is 10.3. The van der Waals surface area contributed by atoms with Gasteiger partial charge in [-0.2, -0.15) is 0 Å². The van der Waals surface area contributed by atoms with Gasteiger partial charge in [0, 0.05) is 5.56 Å². The molecule has 3 heteroatoms. The highest BCUT2D eigenvalue weighted by atomic mass is 16.6. The monoisotopic (exact) mass is 233 g/mol. The van der Waals surface area contributed by atoms with Gasteiger partial charge in [-0.05, 0) is 37.8 Å². The van der Waals surface area contributed by atoms with Gasteiger partial charge in [-0.3, -0.25) is 0 Å². The molecule has 92 valence electrons. The highest BCUT2D eigenvalue weighted by Crippen LogP contribution is 2.20. The number of benzene rings is 1. The van der Waals surface area contributed by atoms with Gasteiger partial charge in [0.05, 0.1) is 13.3 Å². The SMILES string of the molecule is COc1ccccc1C=NOC1CCCCC1. The van der Waals surface area contributed by atoms with Crippen LogP contribution in [0.3, 0.4) is 0 Å². The number of ether oxygens (including phenoxy) is 1. The molecule has 1 aliphatic carbocycles. The summed E-state index contributed by atoms with van der Waals surface area (Å²) in [4.78, 5) is 5.50. The van der Waals surface area contributed by atoms with Gasteiger partial charge in [0.2, 0.25) is 0 Å². The number of para-hydroxylation sites is 1. The molecule has 0 amide bonds. The highest BCUT2D eigenvalue weighted by molar-refractivity contribution is 5.82. The van der Waals surface area contributed by atoms with Crippen LogP contribution in [0.4, 0.5) is 0 Å². The van der Waals surface area contributed by atoms with Crippen LogP contribution in [0.15, 0.2) is 29.4 Å². The Bertz CT molecular complexity index is 370. The third-order valence-electron chi connectivity index (χ3n) is 3.09. The first-order valence-electron chi connectivity index (χ1n) is 6.22. The maximum absolute atomic E-state index is 5.50. The van der Waals surface area contributed by atoms with Gasteiger partial charge < -0.3 is 9.57 Å². The number of methoxy groups -OCH3 is 1. The fourth-order valence-corrected chi connectivity index (χ4v) is 2.12. The van der Waals surface area contributed by atoms with Crippen LogP contribution in [0.25, 0.3) is 0 Å². The van der Waals surface area contributed by atoms with Gasteiger partial charge in [-0.15, -0.1) is 0 Å². The van der Waals surface area contributed by atoms with Crippen LogP contribution >= 0.6 is 0 Å². The first kappa shape index (κ1) is 12.0. The highest BCUT2D eigenvalue weighted by Gasteiger charge is 2.13. The Labute approximate surface area is 102 Å². The molecule has 17 heavy (non-hydrogen) atoms.